The zero-order valence-corrected chi connectivity index (χ0v) is 11.9. The first kappa shape index (κ1) is 13.1. The van der Waals surface area contributed by atoms with Gasteiger partial charge in [-0.3, -0.25) is 0 Å². The SMILES string of the molecule is N#Cc1cccc(OC(CN)c2cc(Br)cs2)c1. The van der Waals surface area contributed by atoms with Crippen LogP contribution in [0.4, 0.5) is 0 Å². The Morgan fingerprint density at radius 1 is 1.44 bits per heavy atom. The van der Waals surface area contributed by atoms with Crippen molar-refractivity contribution in [3.63, 3.8) is 0 Å². The number of nitriles is 1. The average molecular weight is 323 g/mol. The highest BCUT2D eigenvalue weighted by Crippen LogP contribution is 2.29. The Labute approximate surface area is 118 Å². The molecule has 0 saturated heterocycles. The second kappa shape index (κ2) is 6.01. The van der Waals surface area contributed by atoms with Crippen molar-refractivity contribution in [1.82, 2.24) is 0 Å². The smallest absolute Gasteiger partial charge is 0.145 e. The number of benzene rings is 1. The summed E-state index contributed by atoms with van der Waals surface area (Å²) in [6.07, 6.45) is -0.185. The third kappa shape index (κ3) is 3.10. The minimum atomic E-state index is -0.185. The number of halogens is 1. The lowest BCUT2D eigenvalue weighted by Gasteiger charge is -2.16. The van der Waals surface area contributed by atoms with E-state index in [0.717, 1.165) is 9.35 Å². The molecule has 1 heterocycles. The van der Waals surface area contributed by atoms with E-state index in [9.17, 15) is 0 Å². The molecule has 1 unspecified atom stereocenters. The van der Waals surface area contributed by atoms with Gasteiger partial charge < -0.3 is 10.5 Å². The molecule has 0 spiro atoms. The van der Waals surface area contributed by atoms with E-state index in [1.165, 1.54) is 0 Å². The van der Waals surface area contributed by atoms with Crippen LogP contribution in [0, 0.1) is 11.3 Å². The minimum Gasteiger partial charge on any atom is -0.484 e. The molecule has 0 bridgehead atoms. The predicted octanol–water partition coefficient (Wildman–Crippen LogP) is 3.46. The van der Waals surface area contributed by atoms with Crippen LogP contribution in [-0.2, 0) is 0 Å². The zero-order valence-electron chi connectivity index (χ0n) is 9.47. The maximum Gasteiger partial charge on any atom is 0.145 e. The van der Waals surface area contributed by atoms with Crippen LogP contribution in [0.5, 0.6) is 5.75 Å². The average Bonchev–Trinajstić information content (AvgIpc) is 2.82. The molecule has 0 radical (unpaired) electrons. The van der Waals surface area contributed by atoms with Gasteiger partial charge in [-0.25, -0.2) is 0 Å². The third-order valence-electron chi connectivity index (χ3n) is 2.36. The van der Waals surface area contributed by atoms with Gasteiger partial charge in [0, 0.05) is 21.3 Å². The number of rotatable bonds is 4. The number of nitrogens with two attached hydrogens (primary N) is 1. The highest BCUT2D eigenvalue weighted by atomic mass is 79.9. The summed E-state index contributed by atoms with van der Waals surface area (Å²) in [5.41, 5.74) is 6.31. The van der Waals surface area contributed by atoms with Crippen molar-refractivity contribution in [2.24, 2.45) is 5.73 Å². The number of nitrogens with zero attached hydrogens (tertiary/aromatic N) is 1. The van der Waals surface area contributed by atoms with E-state index in [1.54, 1.807) is 29.5 Å². The van der Waals surface area contributed by atoms with E-state index in [4.69, 9.17) is 15.7 Å². The first-order valence-electron chi connectivity index (χ1n) is 5.33. The Morgan fingerprint density at radius 2 is 2.28 bits per heavy atom. The maximum atomic E-state index is 8.84. The highest BCUT2D eigenvalue weighted by Gasteiger charge is 2.14. The summed E-state index contributed by atoms with van der Waals surface area (Å²) in [6.45, 7) is 0.393. The van der Waals surface area contributed by atoms with Gasteiger partial charge in [-0.05, 0) is 40.2 Å². The monoisotopic (exact) mass is 322 g/mol. The molecular weight excluding hydrogens is 312 g/mol. The molecule has 0 aliphatic heterocycles. The van der Waals surface area contributed by atoms with Crippen molar-refractivity contribution in [3.05, 3.63) is 50.6 Å². The molecule has 2 rings (SSSR count). The number of thiophene rings is 1. The molecule has 2 aromatic rings. The van der Waals surface area contributed by atoms with E-state index in [0.29, 0.717) is 17.9 Å². The summed E-state index contributed by atoms with van der Waals surface area (Å²) < 4.78 is 6.84. The van der Waals surface area contributed by atoms with Gasteiger partial charge in [-0.2, -0.15) is 5.26 Å². The summed E-state index contributed by atoms with van der Waals surface area (Å²) in [7, 11) is 0. The minimum absolute atomic E-state index is 0.185. The Balaban J connectivity index is 2.18. The predicted molar refractivity (Wildman–Crippen MR) is 75.6 cm³/mol. The summed E-state index contributed by atoms with van der Waals surface area (Å²) in [6, 6.07) is 11.2. The Morgan fingerprint density at radius 3 is 2.89 bits per heavy atom. The fourth-order valence-electron chi connectivity index (χ4n) is 1.52. The van der Waals surface area contributed by atoms with Crippen LogP contribution in [-0.4, -0.2) is 6.54 Å². The van der Waals surface area contributed by atoms with Crippen LogP contribution in [0.3, 0.4) is 0 Å². The highest BCUT2D eigenvalue weighted by molar-refractivity contribution is 9.10. The van der Waals surface area contributed by atoms with E-state index < -0.39 is 0 Å². The van der Waals surface area contributed by atoms with Crippen LogP contribution in [0.25, 0.3) is 0 Å². The molecule has 2 N–H and O–H groups in total. The van der Waals surface area contributed by atoms with E-state index >= 15 is 0 Å². The number of hydrogen-bond donors (Lipinski definition) is 1. The molecule has 1 atom stereocenters. The second-order valence-corrected chi connectivity index (χ2v) is 5.51. The van der Waals surface area contributed by atoms with E-state index in [-0.39, 0.29) is 6.10 Å². The van der Waals surface area contributed by atoms with Crippen LogP contribution < -0.4 is 10.5 Å². The summed E-state index contributed by atoms with van der Waals surface area (Å²) in [4.78, 5) is 1.06. The van der Waals surface area contributed by atoms with Crippen molar-refractivity contribution in [1.29, 1.82) is 5.26 Å². The first-order chi connectivity index (χ1) is 8.72. The van der Waals surface area contributed by atoms with Gasteiger partial charge in [0.25, 0.3) is 0 Å². The lowest BCUT2D eigenvalue weighted by Crippen LogP contribution is -2.17. The Hall–Kier alpha value is -1.35. The second-order valence-electron chi connectivity index (χ2n) is 3.65. The van der Waals surface area contributed by atoms with Gasteiger partial charge in [0.15, 0.2) is 0 Å². The van der Waals surface area contributed by atoms with Crippen LogP contribution >= 0.6 is 27.3 Å². The molecular formula is C13H11BrN2OS. The van der Waals surface area contributed by atoms with Gasteiger partial charge in [0.2, 0.25) is 0 Å². The van der Waals surface area contributed by atoms with Gasteiger partial charge in [0.1, 0.15) is 11.9 Å². The van der Waals surface area contributed by atoms with Crippen molar-refractivity contribution in [2.75, 3.05) is 6.54 Å². The normalized spacial score (nSPS) is 11.8. The molecule has 3 nitrogen and oxygen atoms in total. The largest absolute Gasteiger partial charge is 0.484 e. The van der Waals surface area contributed by atoms with Crippen LogP contribution in [0.2, 0.25) is 0 Å². The van der Waals surface area contributed by atoms with Crippen LogP contribution in [0.1, 0.15) is 16.5 Å². The van der Waals surface area contributed by atoms with Gasteiger partial charge in [-0.15, -0.1) is 11.3 Å². The fraction of sp³-hybridized carbons (Fsp3) is 0.154. The molecule has 0 amide bonds. The number of ether oxygens (including phenoxy) is 1. The van der Waals surface area contributed by atoms with Gasteiger partial charge in [0.05, 0.1) is 11.6 Å². The van der Waals surface area contributed by atoms with Gasteiger partial charge >= 0.3 is 0 Å². The van der Waals surface area contributed by atoms with Crippen molar-refractivity contribution >= 4 is 27.3 Å². The summed E-state index contributed by atoms with van der Waals surface area (Å²) in [5, 5.41) is 10.8. The Kier molecular flexibility index (Phi) is 4.37. The molecule has 92 valence electrons. The molecule has 18 heavy (non-hydrogen) atoms. The molecule has 5 heteroatoms. The lowest BCUT2D eigenvalue weighted by atomic mass is 10.2. The molecule has 1 aromatic heterocycles. The van der Waals surface area contributed by atoms with Crippen molar-refractivity contribution in [2.45, 2.75) is 6.10 Å². The quantitative estimate of drug-likeness (QED) is 0.937. The molecule has 0 aliphatic rings. The van der Waals surface area contributed by atoms with Crippen LogP contribution in [0.15, 0.2) is 40.2 Å². The summed E-state index contributed by atoms with van der Waals surface area (Å²) >= 11 is 5.00. The zero-order chi connectivity index (χ0) is 13.0. The maximum absolute atomic E-state index is 8.84. The lowest BCUT2D eigenvalue weighted by molar-refractivity contribution is 0.218. The van der Waals surface area contributed by atoms with E-state index in [2.05, 4.69) is 22.0 Å². The molecule has 0 saturated carbocycles. The van der Waals surface area contributed by atoms with Crippen molar-refractivity contribution in [3.8, 4) is 11.8 Å². The Bertz CT molecular complexity index is 576. The topological polar surface area (TPSA) is 59.0 Å². The summed E-state index contributed by atoms with van der Waals surface area (Å²) in [5.74, 6) is 0.661. The van der Waals surface area contributed by atoms with Crippen molar-refractivity contribution < 1.29 is 4.74 Å². The standard InChI is InChI=1S/C13H11BrN2OS/c14-10-5-13(18-8-10)12(7-16)17-11-3-1-2-9(4-11)6-15/h1-5,8,12H,7,16H2. The van der Waals surface area contributed by atoms with Gasteiger partial charge in [-0.1, -0.05) is 6.07 Å². The fourth-order valence-corrected chi connectivity index (χ4v) is 3.01. The molecule has 0 aliphatic carbocycles. The van der Waals surface area contributed by atoms with E-state index in [1.807, 2.05) is 17.5 Å². The third-order valence-corrected chi connectivity index (χ3v) is 4.15. The number of hydrogen-bond acceptors (Lipinski definition) is 4. The molecule has 0 fully saturated rings. The molecule has 1 aromatic carbocycles. The first-order valence-corrected chi connectivity index (χ1v) is 7.01.